The van der Waals surface area contributed by atoms with E-state index in [9.17, 15) is 4.79 Å². The number of hydrogen-bond donors (Lipinski definition) is 3. The molecule has 3 N–H and O–H groups in total. The van der Waals surface area contributed by atoms with E-state index in [4.69, 9.17) is 0 Å². The number of urea groups is 1. The number of fused-ring (bicyclic) bond motifs is 1. The van der Waals surface area contributed by atoms with Crippen molar-refractivity contribution in [2.45, 2.75) is 6.42 Å². The number of carbonyl (C=O) groups is 1. The van der Waals surface area contributed by atoms with Gasteiger partial charge in [0.1, 0.15) is 12.1 Å². The molecule has 168 valence electrons. The number of hydrogen-bond acceptors (Lipinski definition) is 8. The lowest BCUT2D eigenvalue weighted by Crippen LogP contribution is -2.19. The molecule has 0 radical (unpaired) electrons. The second-order valence-electron chi connectivity index (χ2n) is 7.37. The van der Waals surface area contributed by atoms with Gasteiger partial charge in [0.25, 0.3) is 0 Å². The maximum atomic E-state index is 12.4. The Morgan fingerprint density at radius 2 is 2.06 bits per heavy atom. The summed E-state index contributed by atoms with van der Waals surface area (Å²) in [6.45, 7) is 1.39. The fourth-order valence-corrected chi connectivity index (χ4v) is 4.55. The summed E-state index contributed by atoms with van der Waals surface area (Å²) in [7, 11) is 3.94. The van der Waals surface area contributed by atoms with Gasteiger partial charge in [0, 0.05) is 35.3 Å². The third-order valence-electron chi connectivity index (χ3n) is 4.43. The van der Waals surface area contributed by atoms with Crippen molar-refractivity contribution >= 4 is 55.6 Å². The number of thiophene rings is 1. The summed E-state index contributed by atoms with van der Waals surface area (Å²) in [5.74, 6) is 7.02. The number of rotatable bonds is 7. The first-order chi connectivity index (χ1) is 16.1. The quantitative estimate of drug-likeness (QED) is 0.343. The minimum absolute atomic E-state index is 0.339. The zero-order valence-corrected chi connectivity index (χ0v) is 19.9. The Kier molecular flexibility index (Phi) is 7.47. The Morgan fingerprint density at radius 1 is 1.15 bits per heavy atom. The van der Waals surface area contributed by atoms with Crippen molar-refractivity contribution in [3.8, 4) is 11.8 Å². The van der Waals surface area contributed by atoms with E-state index in [1.807, 2.05) is 54.7 Å². The lowest BCUT2D eigenvalue weighted by atomic mass is 10.2. The first-order valence-corrected chi connectivity index (χ1v) is 11.9. The normalized spacial score (nSPS) is 10.6. The summed E-state index contributed by atoms with van der Waals surface area (Å²) in [5, 5.41) is 11.5. The fourth-order valence-electron chi connectivity index (χ4n) is 2.93. The summed E-state index contributed by atoms with van der Waals surface area (Å²) >= 11 is 3.07. The minimum Gasteiger partial charge on any atom is -0.368 e. The Hall–Kier alpha value is -3.52. The van der Waals surface area contributed by atoms with E-state index >= 15 is 0 Å². The Morgan fingerprint density at radius 3 is 2.94 bits per heavy atom. The van der Waals surface area contributed by atoms with Crippen molar-refractivity contribution in [2.75, 3.05) is 43.1 Å². The van der Waals surface area contributed by atoms with Crippen molar-refractivity contribution in [3.05, 3.63) is 58.7 Å². The second-order valence-corrected chi connectivity index (χ2v) is 9.40. The lowest BCUT2D eigenvalue weighted by Gasteiger charge is -2.06. The summed E-state index contributed by atoms with van der Waals surface area (Å²) < 4.78 is 1.05. The molecule has 0 atom stereocenters. The molecule has 8 nitrogen and oxygen atoms in total. The van der Waals surface area contributed by atoms with E-state index < -0.39 is 0 Å². The number of thiazole rings is 1. The van der Waals surface area contributed by atoms with Crippen LogP contribution in [0.3, 0.4) is 0 Å². The van der Waals surface area contributed by atoms with E-state index in [2.05, 4.69) is 42.7 Å². The lowest BCUT2D eigenvalue weighted by molar-refractivity contribution is 0.262. The Labute approximate surface area is 200 Å². The Bertz CT molecular complexity index is 1300. The highest BCUT2D eigenvalue weighted by Gasteiger charge is 2.08. The van der Waals surface area contributed by atoms with Gasteiger partial charge < -0.3 is 10.6 Å². The van der Waals surface area contributed by atoms with Crippen LogP contribution in [0.4, 0.5) is 21.4 Å². The molecular formula is C23H23N7OS2. The third-order valence-corrected chi connectivity index (χ3v) is 6.31. The van der Waals surface area contributed by atoms with Crippen LogP contribution < -0.4 is 16.0 Å². The third kappa shape index (κ3) is 6.49. The summed E-state index contributed by atoms with van der Waals surface area (Å²) in [5.41, 5.74) is 2.47. The molecule has 0 saturated carbocycles. The molecule has 0 unspecified atom stereocenters. The molecule has 33 heavy (non-hydrogen) atoms. The predicted molar refractivity (Wildman–Crippen MR) is 136 cm³/mol. The first-order valence-electron chi connectivity index (χ1n) is 10.3. The van der Waals surface area contributed by atoms with Crippen LogP contribution in [0, 0.1) is 11.8 Å². The van der Waals surface area contributed by atoms with Gasteiger partial charge in [0.05, 0.1) is 16.8 Å². The van der Waals surface area contributed by atoms with Gasteiger partial charge in [-0.25, -0.2) is 19.7 Å². The first kappa shape index (κ1) is 22.7. The highest BCUT2D eigenvalue weighted by atomic mass is 32.1. The number of carbonyl (C=O) groups excluding carboxylic acids is 1. The smallest absolute Gasteiger partial charge is 0.325 e. The maximum absolute atomic E-state index is 12.4. The van der Waals surface area contributed by atoms with E-state index in [1.54, 1.807) is 23.9 Å². The van der Waals surface area contributed by atoms with Crippen molar-refractivity contribution in [3.63, 3.8) is 0 Å². The molecule has 10 heteroatoms. The van der Waals surface area contributed by atoms with E-state index in [0.717, 1.165) is 32.9 Å². The molecule has 0 aliphatic heterocycles. The van der Waals surface area contributed by atoms with Gasteiger partial charge in [0.15, 0.2) is 5.13 Å². The summed E-state index contributed by atoms with van der Waals surface area (Å²) in [6, 6.07) is 9.09. The zero-order chi connectivity index (χ0) is 23.0. The minimum atomic E-state index is -0.339. The van der Waals surface area contributed by atoms with E-state index in [1.165, 1.54) is 11.3 Å². The van der Waals surface area contributed by atoms with Gasteiger partial charge in [-0.2, -0.15) is 0 Å². The van der Waals surface area contributed by atoms with Crippen LogP contribution in [0.15, 0.2) is 48.2 Å². The second kappa shape index (κ2) is 10.9. The highest BCUT2D eigenvalue weighted by molar-refractivity contribution is 7.17. The SMILES string of the molecule is CN(C)CC#Cc1cccc(NC(=O)Nc2ncc(CCNc3ncnc4ccsc34)s2)c1. The topological polar surface area (TPSA) is 95.1 Å². The molecule has 0 bridgehead atoms. The monoisotopic (exact) mass is 477 g/mol. The molecule has 4 aromatic rings. The van der Waals surface area contributed by atoms with E-state index in [0.29, 0.717) is 23.9 Å². The molecule has 0 aliphatic carbocycles. The van der Waals surface area contributed by atoms with Gasteiger partial charge in [0.2, 0.25) is 0 Å². The predicted octanol–water partition coefficient (Wildman–Crippen LogP) is 4.36. The number of amides is 2. The van der Waals surface area contributed by atoms with Gasteiger partial charge in [-0.15, -0.1) is 22.7 Å². The highest BCUT2D eigenvalue weighted by Crippen LogP contribution is 2.25. The van der Waals surface area contributed by atoms with Crippen molar-refractivity contribution < 1.29 is 4.79 Å². The van der Waals surface area contributed by atoms with Crippen LogP contribution in [-0.4, -0.2) is 53.1 Å². The molecule has 0 fully saturated rings. The van der Waals surface area contributed by atoms with Crippen LogP contribution in [0.5, 0.6) is 0 Å². The van der Waals surface area contributed by atoms with Crippen molar-refractivity contribution in [2.24, 2.45) is 0 Å². The number of nitrogens with one attached hydrogen (secondary N) is 3. The molecule has 3 heterocycles. The maximum Gasteiger partial charge on any atom is 0.325 e. The average molecular weight is 478 g/mol. The zero-order valence-electron chi connectivity index (χ0n) is 18.3. The molecule has 0 saturated heterocycles. The molecule has 2 amide bonds. The van der Waals surface area contributed by atoms with Crippen LogP contribution in [0.1, 0.15) is 10.4 Å². The van der Waals surface area contributed by atoms with Gasteiger partial charge >= 0.3 is 6.03 Å². The van der Waals surface area contributed by atoms with Crippen LogP contribution >= 0.6 is 22.7 Å². The summed E-state index contributed by atoms with van der Waals surface area (Å²) in [4.78, 5) is 28.3. The Balaban J connectivity index is 1.27. The largest absolute Gasteiger partial charge is 0.368 e. The van der Waals surface area contributed by atoms with E-state index in [-0.39, 0.29) is 6.03 Å². The number of nitrogens with zero attached hydrogens (tertiary/aromatic N) is 4. The molecular weight excluding hydrogens is 454 g/mol. The molecule has 1 aromatic carbocycles. The summed E-state index contributed by atoms with van der Waals surface area (Å²) in [6.07, 6.45) is 4.12. The standard InChI is InChI=1S/C23H23N7OS2/c1-30(2)11-4-6-16-5-3-7-17(13-16)28-22(31)29-23-25-14-18(33-23)8-10-24-21-20-19(9-12-32-20)26-15-27-21/h3,5,7,9,12-15H,8,10-11H2,1-2H3,(H,24,26,27)(H2,25,28,29,31). The van der Waals surface area contributed by atoms with Crippen LogP contribution in [-0.2, 0) is 6.42 Å². The van der Waals surface area contributed by atoms with Gasteiger partial charge in [-0.05, 0) is 43.7 Å². The molecule has 3 aromatic heterocycles. The molecule has 4 rings (SSSR count). The average Bonchev–Trinajstić information content (AvgIpc) is 3.43. The van der Waals surface area contributed by atoms with Crippen molar-refractivity contribution in [1.29, 1.82) is 0 Å². The van der Waals surface area contributed by atoms with Crippen LogP contribution in [0.25, 0.3) is 10.2 Å². The number of aromatic nitrogens is 3. The van der Waals surface area contributed by atoms with Gasteiger partial charge in [-0.3, -0.25) is 10.2 Å². The van der Waals surface area contributed by atoms with Crippen LogP contribution in [0.2, 0.25) is 0 Å². The van der Waals surface area contributed by atoms with Gasteiger partial charge in [-0.1, -0.05) is 17.9 Å². The van der Waals surface area contributed by atoms with Crippen molar-refractivity contribution in [1.82, 2.24) is 19.9 Å². The molecule has 0 aliphatic rings. The number of benzene rings is 1. The molecule has 0 spiro atoms. The fraction of sp³-hybridized carbons (Fsp3) is 0.217. The number of anilines is 3.